The number of carboxylic acid groups (broad SMARTS) is 1. The second kappa shape index (κ2) is 11.7. The van der Waals surface area contributed by atoms with Crippen molar-refractivity contribution in [2.75, 3.05) is 19.7 Å². The lowest BCUT2D eigenvalue weighted by molar-refractivity contribution is -0.136. The van der Waals surface area contributed by atoms with Gasteiger partial charge in [0, 0.05) is 31.5 Å². The van der Waals surface area contributed by atoms with Gasteiger partial charge in [0.15, 0.2) is 0 Å². The number of benzene rings is 2. The van der Waals surface area contributed by atoms with E-state index in [2.05, 4.69) is 0 Å². The average molecular weight is 395 g/mol. The minimum Gasteiger partial charge on any atom is -0.493 e. The van der Waals surface area contributed by atoms with Crippen molar-refractivity contribution in [1.82, 2.24) is 4.90 Å². The number of carbonyl (C=O) groups is 2. The van der Waals surface area contributed by atoms with Gasteiger partial charge in [-0.15, -0.1) is 0 Å². The molecule has 0 saturated carbocycles. The third-order valence-electron chi connectivity index (χ3n) is 4.64. The first-order valence-electron chi connectivity index (χ1n) is 9.99. The fourth-order valence-electron chi connectivity index (χ4n) is 3.07. The SMILES string of the molecule is CCN(CC)C(=O)C/C=C/c1ccc(OCCc2ccccc2)c(CC(=O)O)c1. The van der Waals surface area contributed by atoms with E-state index in [1.165, 1.54) is 5.56 Å². The topological polar surface area (TPSA) is 66.8 Å². The maximum Gasteiger partial charge on any atom is 0.307 e. The van der Waals surface area contributed by atoms with Gasteiger partial charge < -0.3 is 14.7 Å². The molecule has 0 atom stereocenters. The van der Waals surface area contributed by atoms with Gasteiger partial charge in [-0.25, -0.2) is 0 Å². The van der Waals surface area contributed by atoms with Crippen LogP contribution in [0.15, 0.2) is 54.6 Å². The Morgan fingerprint density at radius 2 is 1.79 bits per heavy atom. The minimum atomic E-state index is -0.907. The molecule has 1 N–H and O–H groups in total. The lowest BCUT2D eigenvalue weighted by Gasteiger charge is -2.17. The molecule has 5 heteroatoms. The van der Waals surface area contributed by atoms with Crippen molar-refractivity contribution in [2.24, 2.45) is 0 Å². The van der Waals surface area contributed by atoms with Crippen LogP contribution in [0.2, 0.25) is 0 Å². The lowest BCUT2D eigenvalue weighted by atomic mass is 10.1. The molecule has 0 aliphatic heterocycles. The molecule has 0 aromatic heterocycles. The Kier molecular flexibility index (Phi) is 8.96. The quantitative estimate of drug-likeness (QED) is 0.619. The molecule has 0 radical (unpaired) electrons. The Balaban J connectivity index is 2.02. The van der Waals surface area contributed by atoms with E-state index in [-0.39, 0.29) is 12.3 Å². The number of ether oxygens (including phenoxy) is 1. The third-order valence-corrected chi connectivity index (χ3v) is 4.64. The van der Waals surface area contributed by atoms with Gasteiger partial charge in [0.2, 0.25) is 5.91 Å². The number of carbonyl (C=O) groups excluding carboxylic acids is 1. The molecule has 0 unspecified atom stereocenters. The second-order valence-corrected chi connectivity index (χ2v) is 6.69. The molecule has 29 heavy (non-hydrogen) atoms. The zero-order valence-electron chi connectivity index (χ0n) is 17.1. The van der Waals surface area contributed by atoms with E-state index in [9.17, 15) is 14.7 Å². The number of hydrogen-bond donors (Lipinski definition) is 1. The molecule has 0 fully saturated rings. The van der Waals surface area contributed by atoms with Crippen LogP contribution >= 0.6 is 0 Å². The Morgan fingerprint density at radius 1 is 1.07 bits per heavy atom. The van der Waals surface area contributed by atoms with E-state index in [0.717, 1.165) is 12.0 Å². The van der Waals surface area contributed by atoms with Gasteiger partial charge in [0.05, 0.1) is 13.0 Å². The Hall–Kier alpha value is -3.08. The molecule has 0 saturated heterocycles. The van der Waals surface area contributed by atoms with Crippen LogP contribution in [-0.4, -0.2) is 41.6 Å². The monoisotopic (exact) mass is 395 g/mol. The summed E-state index contributed by atoms with van der Waals surface area (Å²) in [5.74, 6) is -0.242. The average Bonchev–Trinajstić information content (AvgIpc) is 2.71. The highest BCUT2D eigenvalue weighted by Crippen LogP contribution is 2.22. The first-order valence-corrected chi connectivity index (χ1v) is 9.99. The molecule has 2 rings (SSSR count). The lowest BCUT2D eigenvalue weighted by Crippen LogP contribution is -2.29. The summed E-state index contributed by atoms with van der Waals surface area (Å²) in [6.07, 6.45) is 4.63. The number of rotatable bonds is 11. The van der Waals surface area contributed by atoms with Gasteiger partial charge in [-0.05, 0) is 37.1 Å². The molecule has 2 aromatic rings. The van der Waals surface area contributed by atoms with Gasteiger partial charge in [-0.3, -0.25) is 9.59 Å². The van der Waals surface area contributed by atoms with Crippen LogP contribution in [0.3, 0.4) is 0 Å². The highest BCUT2D eigenvalue weighted by atomic mass is 16.5. The van der Waals surface area contributed by atoms with Crippen molar-refractivity contribution < 1.29 is 19.4 Å². The highest BCUT2D eigenvalue weighted by molar-refractivity contribution is 5.78. The molecule has 1 amide bonds. The summed E-state index contributed by atoms with van der Waals surface area (Å²) in [5, 5.41) is 9.23. The summed E-state index contributed by atoms with van der Waals surface area (Å²) < 4.78 is 5.85. The third kappa shape index (κ3) is 7.45. The normalized spacial score (nSPS) is 10.8. The van der Waals surface area contributed by atoms with Crippen molar-refractivity contribution >= 4 is 18.0 Å². The first-order chi connectivity index (χ1) is 14.0. The van der Waals surface area contributed by atoms with Crippen LogP contribution in [0.1, 0.15) is 37.0 Å². The first kappa shape index (κ1) is 22.2. The second-order valence-electron chi connectivity index (χ2n) is 6.69. The molecule has 0 aliphatic carbocycles. The van der Waals surface area contributed by atoms with E-state index in [4.69, 9.17) is 4.74 Å². The van der Waals surface area contributed by atoms with E-state index in [1.807, 2.05) is 68.5 Å². The van der Waals surface area contributed by atoms with Gasteiger partial charge in [-0.1, -0.05) is 48.6 Å². The molecular formula is C24H29NO4. The van der Waals surface area contributed by atoms with Gasteiger partial charge in [0.25, 0.3) is 0 Å². The highest BCUT2D eigenvalue weighted by Gasteiger charge is 2.10. The smallest absolute Gasteiger partial charge is 0.307 e. The van der Waals surface area contributed by atoms with E-state index >= 15 is 0 Å². The van der Waals surface area contributed by atoms with Gasteiger partial charge in [0.1, 0.15) is 5.75 Å². The molecule has 5 nitrogen and oxygen atoms in total. The number of aliphatic carboxylic acids is 1. The Bertz CT molecular complexity index is 826. The summed E-state index contributed by atoms with van der Waals surface area (Å²) in [6.45, 7) is 5.78. The summed E-state index contributed by atoms with van der Waals surface area (Å²) in [5.41, 5.74) is 2.65. The van der Waals surface area contributed by atoms with E-state index in [0.29, 0.717) is 37.4 Å². The van der Waals surface area contributed by atoms with Crippen molar-refractivity contribution in [3.05, 3.63) is 71.3 Å². The molecular weight excluding hydrogens is 366 g/mol. The van der Waals surface area contributed by atoms with Crippen molar-refractivity contribution in [3.63, 3.8) is 0 Å². The van der Waals surface area contributed by atoms with Crippen LogP contribution in [0.4, 0.5) is 0 Å². The molecule has 2 aromatic carbocycles. The Labute approximate surface area is 172 Å². The van der Waals surface area contributed by atoms with Crippen LogP contribution < -0.4 is 4.74 Å². The maximum absolute atomic E-state index is 12.1. The largest absolute Gasteiger partial charge is 0.493 e. The predicted molar refractivity (Wildman–Crippen MR) is 115 cm³/mol. The van der Waals surface area contributed by atoms with Crippen LogP contribution in [0.25, 0.3) is 6.08 Å². The molecule has 0 bridgehead atoms. The minimum absolute atomic E-state index is 0.0814. The number of nitrogens with zero attached hydrogens (tertiary/aromatic N) is 1. The summed E-state index contributed by atoms with van der Waals surface area (Å²) >= 11 is 0. The summed E-state index contributed by atoms with van der Waals surface area (Å²) in [4.78, 5) is 25.1. The van der Waals surface area contributed by atoms with Crippen LogP contribution in [0, 0.1) is 0 Å². The summed E-state index contributed by atoms with van der Waals surface area (Å²) in [6, 6.07) is 15.5. The zero-order chi connectivity index (χ0) is 21.1. The molecule has 154 valence electrons. The van der Waals surface area contributed by atoms with E-state index < -0.39 is 5.97 Å². The van der Waals surface area contributed by atoms with E-state index in [1.54, 1.807) is 11.0 Å². The van der Waals surface area contributed by atoms with Crippen LogP contribution in [0.5, 0.6) is 5.75 Å². The summed E-state index contributed by atoms with van der Waals surface area (Å²) in [7, 11) is 0. The molecule has 0 heterocycles. The zero-order valence-corrected chi connectivity index (χ0v) is 17.1. The van der Waals surface area contributed by atoms with Crippen LogP contribution in [-0.2, 0) is 22.4 Å². The van der Waals surface area contributed by atoms with Gasteiger partial charge in [-0.2, -0.15) is 0 Å². The number of amides is 1. The Morgan fingerprint density at radius 3 is 2.45 bits per heavy atom. The fraction of sp³-hybridized carbons (Fsp3) is 0.333. The van der Waals surface area contributed by atoms with Crippen molar-refractivity contribution in [1.29, 1.82) is 0 Å². The molecule has 0 spiro atoms. The predicted octanol–water partition coefficient (Wildman–Crippen LogP) is 4.21. The van der Waals surface area contributed by atoms with Crippen molar-refractivity contribution in [2.45, 2.75) is 33.1 Å². The number of hydrogen-bond acceptors (Lipinski definition) is 3. The fourth-order valence-corrected chi connectivity index (χ4v) is 3.07. The molecule has 0 aliphatic rings. The van der Waals surface area contributed by atoms with Gasteiger partial charge >= 0.3 is 5.97 Å². The van der Waals surface area contributed by atoms with Crippen molar-refractivity contribution in [3.8, 4) is 5.75 Å². The standard InChI is InChI=1S/C24H29NO4/c1-3-25(4-2)23(26)12-8-11-20-13-14-22(21(17-20)18-24(27)28)29-16-15-19-9-6-5-7-10-19/h5-11,13-14,17H,3-4,12,15-16,18H2,1-2H3,(H,27,28)/b11-8+. The maximum atomic E-state index is 12.1. The number of carboxylic acids is 1.